The van der Waals surface area contributed by atoms with E-state index < -0.39 is 0 Å². The summed E-state index contributed by atoms with van der Waals surface area (Å²) in [6, 6.07) is 11.8. The highest BCUT2D eigenvalue weighted by Crippen LogP contribution is 2.29. The molecule has 154 valence electrons. The van der Waals surface area contributed by atoms with Crippen LogP contribution in [0.1, 0.15) is 23.2 Å². The van der Waals surface area contributed by atoms with E-state index in [1.54, 1.807) is 19.2 Å². The quantitative estimate of drug-likeness (QED) is 0.582. The van der Waals surface area contributed by atoms with Crippen molar-refractivity contribution in [2.24, 2.45) is 0 Å². The molecule has 2 aliphatic rings. The van der Waals surface area contributed by atoms with Crippen LogP contribution in [-0.4, -0.2) is 68.1 Å². The first-order valence-corrected chi connectivity index (χ1v) is 10.3. The Morgan fingerprint density at radius 3 is 2.52 bits per heavy atom. The molecule has 0 saturated carbocycles. The van der Waals surface area contributed by atoms with Gasteiger partial charge in [0.15, 0.2) is 12.4 Å². The molecule has 0 bridgehead atoms. The fourth-order valence-electron chi connectivity index (χ4n) is 4.39. The number of hydrogen-bond donors (Lipinski definition) is 0. The zero-order valence-electron chi connectivity index (χ0n) is 16.9. The number of pyridine rings is 1. The summed E-state index contributed by atoms with van der Waals surface area (Å²) in [6.07, 6.45) is 4.89. The molecule has 7 heteroatoms. The molecule has 1 aromatic carbocycles. The molecular weight excluding hydrogens is 368 g/mol. The number of hydrogen-bond acceptors (Lipinski definition) is 5. The van der Waals surface area contributed by atoms with Gasteiger partial charge in [0, 0.05) is 57.4 Å². The average Bonchev–Trinajstić information content (AvgIpc) is 2.79. The molecule has 0 aliphatic carbocycles. The van der Waals surface area contributed by atoms with E-state index in [4.69, 9.17) is 4.74 Å². The number of piperazine rings is 1. The van der Waals surface area contributed by atoms with E-state index >= 15 is 0 Å². The highest BCUT2D eigenvalue weighted by Gasteiger charge is 2.31. The number of carbonyl (C=O) groups excluding carboxylic acids is 1. The van der Waals surface area contributed by atoms with Gasteiger partial charge in [-0.25, -0.2) is 0 Å². The van der Waals surface area contributed by atoms with E-state index in [0.29, 0.717) is 16.3 Å². The Labute approximate surface area is 171 Å². The van der Waals surface area contributed by atoms with Crippen LogP contribution in [0.4, 0.5) is 5.69 Å². The number of benzene rings is 1. The van der Waals surface area contributed by atoms with Crippen LogP contribution in [0.15, 0.2) is 48.8 Å². The van der Waals surface area contributed by atoms with Crippen LogP contribution in [0.3, 0.4) is 0 Å². The number of methoxy groups -OCH3 is 1. The zero-order valence-corrected chi connectivity index (χ0v) is 16.9. The summed E-state index contributed by atoms with van der Waals surface area (Å²) in [7, 11) is 1.71. The van der Waals surface area contributed by atoms with Crippen molar-refractivity contribution >= 4 is 11.6 Å². The van der Waals surface area contributed by atoms with Gasteiger partial charge in [0.25, 0.3) is 5.91 Å². The Bertz CT molecular complexity index is 834. The molecule has 1 amide bonds. The van der Waals surface area contributed by atoms with Gasteiger partial charge in [0.1, 0.15) is 5.75 Å². The van der Waals surface area contributed by atoms with Crippen molar-refractivity contribution in [3.63, 3.8) is 0 Å². The average molecular weight is 396 g/mol. The normalized spacial score (nSPS) is 20.5. The standard InChI is InChI=1S/C22H28N4O3/c1-29-21-7-3-2-6-20(21)24-15-13-23(14-16-24)19-5-4-10-25(17-19)22(27)18-8-11-26(28)12-9-18/h2-3,6-9,11-12,19H,4-5,10,13-17H2,1H3/t19-/m0/s1. The minimum Gasteiger partial charge on any atom is -0.619 e. The molecule has 0 radical (unpaired) electrons. The van der Waals surface area contributed by atoms with E-state index in [0.717, 1.165) is 63.5 Å². The van der Waals surface area contributed by atoms with Crippen LogP contribution in [0.5, 0.6) is 5.75 Å². The molecule has 1 aromatic heterocycles. The largest absolute Gasteiger partial charge is 0.619 e. The number of aromatic nitrogens is 1. The Kier molecular flexibility index (Phi) is 5.85. The second-order valence-corrected chi connectivity index (χ2v) is 7.69. The topological polar surface area (TPSA) is 63.0 Å². The van der Waals surface area contributed by atoms with E-state index in [2.05, 4.69) is 15.9 Å². The van der Waals surface area contributed by atoms with Crippen molar-refractivity contribution in [2.75, 3.05) is 51.3 Å². The van der Waals surface area contributed by atoms with E-state index in [1.165, 1.54) is 12.4 Å². The first-order valence-electron chi connectivity index (χ1n) is 10.3. The SMILES string of the molecule is COc1ccccc1N1CCN([C@H]2CCCN(C(=O)c3cc[n+]([O-])cc3)C2)CC1. The lowest BCUT2D eigenvalue weighted by Gasteiger charge is -2.44. The van der Waals surface area contributed by atoms with E-state index in [1.807, 2.05) is 23.1 Å². The van der Waals surface area contributed by atoms with E-state index in [9.17, 15) is 10.0 Å². The highest BCUT2D eigenvalue weighted by atomic mass is 16.5. The van der Waals surface area contributed by atoms with Gasteiger partial charge in [0.2, 0.25) is 0 Å². The number of rotatable bonds is 4. The maximum atomic E-state index is 12.8. The van der Waals surface area contributed by atoms with E-state index in [-0.39, 0.29) is 5.91 Å². The molecule has 2 saturated heterocycles. The first-order chi connectivity index (χ1) is 14.2. The fraction of sp³-hybridized carbons (Fsp3) is 0.455. The summed E-state index contributed by atoms with van der Waals surface area (Å²) in [5.41, 5.74) is 1.73. The number of piperidine rings is 1. The maximum absolute atomic E-state index is 12.8. The molecule has 3 heterocycles. The van der Waals surface area contributed by atoms with Crippen LogP contribution >= 0.6 is 0 Å². The summed E-state index contributed by atoms with van der Waals surface area (Å²) in [4.78, 5) is 19.7. The minimum atomic E-state index is 0.0166. The van der Waals surface area contributed by atoms with Crippen molar-refractivity contribution in [3.8, 4) is 5.75 Å². The number of anilines is 1. The highest BCUT2D eigenvalue weighted by molar-refractivity contribution is 5.94. The number of ether oxygens (including phenoxy) is 1. The van der Waals surface area contributed by atoms with Gasteiger partial charge in [0.05, 0.1) is 18.4 Å². The Balaban J connectivity index is 1.36. The van der Waals surface area contributed by atoms with Gasteiger partial charge < -0.3 is 19.7 Å². The minimum absolute atomic E-state index is 0.0166. The molecular formula is C22H28N4O3. The summed E-state index contributed by atoms with van der Waals surface area (Å²) in [5.74, 6) is 0.931. The molecule has 2 aromatic rings. The lowest BCUT2D eigenvalue weighted by Crippen LogP contribution is -2.56. The lowest BCUT2D eigenvalue weighted by molar-refractivity contribution is -0.605. The predicted octanol–water partition coefficient (Wildman–Crippen LogP) is 1.76. The Morgan fingerprint density at radius 2 is 1.79 bits per heavy atom. The van der Waals surface area contributed by atoms with Gasteiger partial charge in [-0.2, -0.15) is 4.73 Å². The summed E-state index contributed by atoms with van der Waals surface area (Å²) in [5, 5.41) is 11.2. The van der Waals surface area contributed by atoms with Crippen LogP contribution < -0.4 is 14.4 Å². The van der Waals surface area contributed by atoms with Crippen LogP contribution in [0, 0.1) is 5.21 Å². The number of para-hydroxylation sites is 2. The molecule has 0 spiro atoms. The molecule has 29 heavy (non-hydrogen) atoms. The smallest absolute Gasteiger partial charge is 0.254 e. The third-order valence-electron chi connectivity index (χ3n) is 5.99. The van der Waals surface area contributed by atoms with Crippen LogP contribution in [-0.2, 0) is 0 Å². The third-order valence-corrected chi connectivity index (χ3v) is 5.99. The molecule has 0 unspecified atom stereocenters. The summed E-state index contributed by atoms with van der Waals surface area (Å²) in [6.45, 7) is 5.39. The van der Waals surface area contributed by atoms with Crippen LogP contribution in [0.2, 0.25) is 0 Å². The zero-order chi connectivity index (χ0) is 20.2. The van der Waals surface area contributed by atoms with Crippen molar-refractivity contribution in [1.82, 2.24) is 9.80 Å². The second kappa shape index (κ2) is 8.69. The molecule has 2 aliphatic heterocycles. The first kappa shape index (κ1) is 19.5. The van der Waals surface area contributed by atoms with Gasteiger partial charge in [-0.05, 0) is 25.0 Å². The third kappa shape index (κ3) is 4.29. The lowest BCUT2D eigenvalue weighted by atomic mass is 10.0. The number of amides is 1. The van der Waals surface area contributed by atoms with Gasteiger partial charge >= 0.3 is 0 Å². The van der Waals surface area contributed by atoms with Crippen molar-refractivity contribution in [2.45, 2.75) is 18.9 Å². The molecule has 4 rings (SSSR count). The monoisotopic (exact) mass is 396 g/mol. The van der Waals surface area contributed by atoms with Crippen molar-refractivity contribution in [3.05, 3.63) is 59.6 Å². The summed E-state index contributed by atoms with van der Waals surface area (Å²) >= 11 is 0. The summed E-state index contributed by atoms with van der Waals surface area (Å²) < 4.78 is 6.22. The Hall–Kier alpha value is -2.80. The van der Waals surface area contributed by atoms with Crippen LogP contribution in [0.25, 0.3) is 0 Å². The van der Waals surface area contributed by atoms with Gasteiger partial charge in [-0.15, -0.1) is 0 Å². The molecule has 7 nitrogen and oxygen atoms in total. The van der Waals surface area contributed by atoms with Gasteiger partial charge in [-0.1, -0.05) is 12.1 Å². The second-order valence-electron chi connectivity index (χ2n) is 7.69. The molecule has 2 fully saturated rings. The maximum Gasteiger partial charge on any atom is 0.254 e. The number of likely N-dealkylation sites (tertiary alicyclic amines) is 1. The van der Waals surface area contributed by atoms with Crippen molar-refractivity contribution < 1.29 is 14.3 Å². The molecule has 0 N–H and O–H groups in total. The number of carbonyl (C=O) groups is 1. The Morgan fingerprint density at radius 1 is 1.07 bits per heavy atom. The predicted molar refractivity (Wildman–Crippen MR) is 111 cm³/mol. The molecule has 1 atom stereocenters. The van der Waals surface area contributed by atoms with Crippen molar-refractivity contribution in [1.29, 1.82) is 0 Å². The number of nitrogens with zero attached hydrogens (tertiary/aromatic N) is 4. The van der Waals surface area contributed by atoms with Gasteiger partial charge in [-0.3, -0.25) is 9.69 Å². The fourth-order valence-corrected chi connectivity index (χ4v) is 4.39.